The van der Waals surface area contributed by atoms with E-state index in [1.165, 1.54) is 18.3 Å². The highest BCUT2D eigenvalue weighted by atomic mass is 16.6. The molecule has 1 aromatic rings. The second-order valence-electron chi connectivity index (χ2n) is 2.51. The van der Waals surface area contributed by atoms with E-state index < -0.39 is 4.92 Å². The zero-order chi connectivity index (χ0) is 10.4. The SMILES string of the molecule is NN=CC=Cc1ccc([N+](=O)[O-])cc1. The van der Waals surface area contributed by atoms with Crippen molar-refractivity contribution in [2.75, 3.05) is 0 Å². The Hall–Kier alpha value is -2.17. The molecule has 0 atom stereocenters. The van der Waals surface area contributed by atoms with Gasteiger partial charge in [-0.1, -0.05) is 6.08 Å². The summed E-state index contributed by atoms with van der Waals surface area (Å²) in [6, 6.07) is 6.19. The van der Waals surface area contributed by atoms with Crippen LogP contribution in [0, 0.1) is 10.1 Å². The predicted molar refractivity (Wildman–Crippen MR) is 54.8 cm³/mol. The smallest absolute Gasteiger partial charge is 0.269 e. The number of rotatable bonds is 3. The number of hydrogen-bond acceptors (Lipinski definition) is 4. The first-order chi connectivity index (χ1) is 6.74. The van der Waals surface area contributed by atoms with E-state index in [4.69, 9.17) is 5.84 Å². The van der Waals surface area contributed by atoms with Crippen LogP contribution in [0.5, 0.6) is 0 Å². The number of nitro groups is 1. The van der Waals surface area contributed by atoms with Gasteiger partial charge < -0.3 is 5.84 Å². The zero-order valence-electron chi connectivity index (χ0n) is 7.33. The summed E-state index contributed by atoms with van der Waals surface area (Å²) >= 11 is 0. The van der Waals surface area contributed by atoms with Gasteiger partial charge in [-0.25, -0.2) is 0 Å². The van der Waals surface area contributed by atoms with Gasteiger partial charge in [-0.3, -0.25) is 10.1 Å². The number of hydrazone groups is 1. The lowest BCUT2D eigenvalue weighted by atomic mass is 10.2. The Balaban J connectivity index is 2.78. The fourth-order valence-corrected chi connectivity index (χ4v) is 0.911. The van der Waals surface area contributed by atoms with Gasteiger partial charge in [0.1, 0.15) is 0 Å². The number of non-ortho nitro benzene ring substituents is 1. The van der Waals surface area contributed by atoms with E-state index in [0.29, 0.717) is 0 Å². The van der Waals surface area contributed by atoms with Crippen molar-refractivity contribution in [1.29, 1.82) is 0 Å². The standard InChI is InChI=1S/C9H9N3O2/c10-11-7-1-2-8-3-5-9(6-4-8)12(13)14/h1-7H,10H2. The second-order valence-corrected chi connectivity index (χ2v) is 2.51. The summed E-state index contributed by atoms with van der Waals surface area (Å²) in [4.78, 5) is 9.89. The van der Waals surface area contributed by atoms with Crippen LogP contribution in [-0.2, 0) is 0 Å². The molecule has 0 aliphatic rings. The number of hydrogen-bond donors (Lipinski definition) is 1. The highest BCUT2D eigenvalue weighted by Gasteiger charge is 2.01. The molecular formula is C9H9N3O2. The van der Waals surface area contributed by atoms with Crippen LogP contribution in [0.1, 0.15) is 5.56 Å². The molecule has 2 N–H and O–H groups in total. The van der Waals surface area contributed by atoms with Crippen molar-refractivity contribution >= 4 is 18.0 Å². The van der Waals surface area contributed by atoms with Crippen molar-refractivity contribution < 1.29 is 4.92 Å². The second kappa shape index (κ2) is 4.76. The van der Waals surface area contributed by atoms with Crippen LogP contribution in [0.3, 0.4) is 0 Å². The maximum absolute atomic E-state index is 10.3. The Morgan fingerprint density at radius 3 is 2.50 bits per heavy atom. The molecule has 0 spiro atoms. The molecule has 0 amide bonds. The molecule has 0 radical (unpaired) electrons. The first-order valence-electron chi connectivity index (χ1n) is 3.88. The van der Waals surface area contributed by atoms with Crippen LogP contribution in [0.25, 0.3) is 6.08 Å². The third-order valence-electron chi connectivity index (χ3n) is 1.56. The average molecular weight is 191 g/mol. The van der Waals surface area contributed by atoms with Gasteiger partial charge in [0.15, 0.2) is 0 Å². The fourth-order valence-electron chi connectivity index (χ4n) is 0.911. The molecule has 14 heavy (non-hydrogen) atoms. The zero-order valence-corrected chi connectivity index (χ0v) is 7.33. The lowest BCUT2D eigenvalue weighted by Gasteiger charge is -1.92. The number of allylic oxidation sites excluding steroid dienone is 1. The summed E-state index contributed by atoms with van der Waals surface area (Å²) < 4.78 is 0. The largest absolute Gasteiger partial charge is 0.323 e. The van der Waals surface area contributed by atoms with Crippen molar-refractivity contribution in [3.63, 3.8) is 0 Å². The lowest BCUT2D eigenvalue weighted by molar-refractivity contribution is -0.384. The minimum atomic E-state index is -0.436. The van der Waals surface area contributed by atoms with Gasteiger partial charge in [-0.05, 0) is 23.8 Å². The summed E-state index contributed by atoms with van der Waals surface area (Å²) in [5, 5.41) is 13.6. The Morgan fingerprint density at radius 1 is 1.36 bits per heavy atom. The quantitative estimate of drug-likeness (QED) is 0.340. The Morgan fingerprint density at radius 2 is 2.00 bits per heavy atom. The van der Waals surface area contributed by atoms with E-state index in [2.05, 4.69) is 5.10 Å². The summed E-state index contributed by atoms with van der Waals surface area (Å²) in [6.45, 7) is 0. The fraction of sp³-hybridized carbons (Fsp3) is 0. The van der Waals surface area contributed by atoms with Crippen molar-refractivity contribution in [3.8, 4) is 0 Å². The van der Waals surface area contributed by atoms with Gasteiger partial charge in [0.2, 0.25) is 0 Å². The maximum atomic E-state index is 10.3. The van der Waals surface area contributed by atoms with Gasteiger partial charge >= 0.3 is 0 Å². The first kappa shape index (κ1) is 9.91. The van der Waals surface area contributed by atoms with Gasteiger partial charge in [0.25, 0.3) is 5.69 Å². The molecule has 0 aromatic heterocycles. The topological polar surface area (TPSA) is 81.5 Å². The highest BCUT2D eigenvalue weighted by molar-refractivity contribution is 5.78. The first-order valence-corrected chi connectivity index (χ1v) is 3.88. The molecule has 0 heterocycles. The third-order valence-corrected chi connectivity index (χ3v) is 1.56. The molecule has 1 aromatic carbocycles. The molecule has 0 aliphatic heterocycles. The molecule has 0 unspecified atom stereocenters. The molecule has 0 fully saturated rings. The molecule has 5 heteroatoms. The monoisotopic (exact) mass is 191 g/mol. The molecular weight excluding hydrogens is 182 g/mol. The average Bonchev–Trinajstić information content (AvgIpc) is 2.19. The number of nitrogens with two attached hydrogens (primary N) is 1. The Labute approximate surface area is 80.7 Å². The Kier molecular flexibility index (Phi) is 3.37. The van der Waals surface area contributed by atoms with Gasteiger partial charge in [-0.15, -0.1) is 0 Å². The summed E-state index contributed by atoms with van der Waals surface area (Å²) in [7, 11) is 0. The van der Waals surface area contributed by atoms with Crippen molar-refractivity contribution in [2.24, 2.45) is 10.9 Å². The minimum absolute atomic E-state index is 0.0784. The van der Waals surface area contributed by atoms with Crippen LogP contribution >= 0.6 is 0 Å². The van der Waals surface area contributed by atoms with E-state index >= 15 is 0 Å². The molecule has 0 saturated heterocycles. The van der Waals surface area contributed by atoms with Crippen LogP contribution in [0.15, 0.2) is 35.4 Å². The minimum Gasteiger partial charge on any atom is -0.323 e. The van der Waals surface area contributed by atoms with Crippen LogP contribution in [0.2, 0.25) is 0 Å². The molecule has 5 nitrogen and oxygen atoms in total. The highest BCUT2D eigenvalue weighted by Crippen LogP contribution is 2.12. The summed E-state index contributed by atoms with van der Waals surface area (Å²) in [5.74, 6) is 4.89. The normalized spacial score (nSPS) is 11.1. The van der Waals surface area contributed by atoms with Gasteiger partial charge in [0, 0.05) is 18.3 Å². The van der Waals surface area contributed by atoms with Gasteiger partial charge in [-0.2, -0.15) is 5.10 Å². The maximum Gasteiger partial charge on any atom is 0.269 e. The Bertz CT molecular complexity index is 368. The molecule has 0 saturated carbocycles. The van der Waals surface area contributed by atoms with Crippen molar-refractivity contribution in [1.82, 2.24) is 0 Å². The van der Waals surface area contributed by atoms with E-state index in [9.17, 15) is 10.1 Å². The predicted octanol–water partition coefficient (Wildman–Crippen LogP) is 1.55. The molecule has 0 bridgehead atoms. The van der Waals surface area contributed by atoms with E-state index in [1.807, 2.05) is 0 Å². The van der Waals surface area contributed by atoms with Crippen LogP contribution in [-0.4, -0.2) is 11.1 Å². The van der Waals surface area contributed by atoms with E-state index in [1.54, 1.807) is 24.3 Å². The van der Waals surface area contributed by atoms with Crippen LogP contribution < -0.4 is 5.84 Å². The number of nitro benzene ring substituents is 1. The van der Waals surface area contributed by atoms with Gasteiger partial charge in [0.05, 0.1) is 4.92 Å². The number of benzene rings is 1. The summed E-state index contributed by atoms with van der Waals surface area (Å²) in [6.07, 6.45) is 4.84. The van der Waals surface area contributed by atoms with Crippen molar-refractivity contribution in [3.05, 3.63) is 46.0 Å². The van der Waals surface area contributed by atoms with E-state index in [-0.39, 0.29) is 5.69 Å². The lowest BCUT2D eigenvalue weighted by Crippen LogP contribution is -1.86. The summed E-state index contributed by atoms with van der Waals surface area (Å²) in [5.41, 5.74) is 0.935. The molecule has 1 rings (SSSR count). The van der Waals surface area contributed by atoms with Crippen molar-refractivity contribution in [2.45, 2.75) is 0 Å². The molecule has 72 valence electrons. The third kappa shape index (κ3) is 2.71. The van der Waals surface area contributed by atoms with E-state index in [0.717, 1.165) is 5.56 Å². The van der Waals surface area contributed by atoms with Crippen LogP contribution in [0.4, 0.5) is 5.69 Å². The number of nitrogens with zero attached hydrogens (tertiary/aromatic N) is 2. The molecule has 0 aliphatic carbocycles.